The predicted molar refractivity (Wildman–Crippen MR) is 122 cm³/mol. The third-order valence-electron chi connectivity index (χ3n) is 7.51. The molecule has 1 amide bonds. The van der Waals surface area contributed by atoms with Crippen molar-refractivity contribution in [3.63, 3.8) is 0 Å². The van der Waals surface area contributed by atoms with Crippen molar-refractivity contribution in [3.05, 3.63) is 29.3 Å². The maximum Gasteiger partial charge on any atom is 0.255 e. The number of rotatable bonds is 4. The summed E-state index contributed by atoms with van der Waals surface area (Å²) >= 11 is 0. The molecule has 3 saturated heterocycles. The lowest BCUT2D eigenvalue weighted by atomic mass is 9.79. The first kappa shape index (κ1) is 21.8. The highest BCUT2D eigenvalue weighted by atomic mass is 16.5. The van der Waals surface area contributed by atoms with E-state index in [1.54, 1.807) is 11.0 Å². The van der Waals surface area contributed by atoms with Gasteiger partial charge in [-0.05, 0) is 30.9 Å². The van der Waals surface area contributed by atoms with E-state index in [-0.39, 0.29) is 35.8 Å². The molecular weight excluding hydrogens is 424 g/mol. The van der Waals surface area contributed by atoms with Crippen LogP contribution < -0.4 is 31.7 Å². The van der Waals surface area contributed by atoms with E-state index in [0.717, 1.165) is 12.0 Å². The Balaban J connectivity index is 1.43. The zero-order valence-corrected chi connectivity index (χ0v) is 18.9. The average molecular weight is 457 g/mol. The maximum absolute atomic E-state index is 13.4. The molecule has 11 nitrogen and oxygen atoms in total. The molecule has 4 aliphatic heterocycles. The standard InChI is InChI=1S/C22H32N8O3/c1-21(2)7-9-33-15-11(4-3-5-12(15)21)18(32)26-14-10-30-20(25)27-13(6-8-23)16-22(30,17(14)31)29-19(24)28-16/h3-5,13-14,16-17,31H,6-10,23H2,1-2H3,(H2,25,27)(H,26,32)(H3,24,28,29)/t13-,14?,16?,17+,22?/m0/s1. The molecule has 3 unspecified atom stereocenters. The quantitative estimate of drug-likeness (QED) is 0.284. The van der Waals surface area contributed by atoms with Gasteiger partial charge < -0.3 is 41.7 Å². The lowest BCUT2D eigenvalue weighted by molar-refractivity contribution is 0.00534. The number of carbonyl (C=O) groups excluding carboxylic acids is 1. The summed E-state index contributed by atoms with van der Waals surface area (Å²) < 4.78 is 5.90. The lowest BCUT2D eigenvalue weighted by Gasteiger charge is -2.49. The van der Waals surface area contributed by atoms with Crippen molar-refractivity contribution in [1.82, 2.24) is 26.2 Å². The summed E-state index contributed by atoms with van der Waals surface area (Å²) in [6.45, 7) is 5.43. The molecule has 178 valence electrons. The Morgan fingerprint density at radius 2 is 2.15 bits per heavy atom. The normalized spacial score (nSPS) is 33.6. The minimum atomic E-state index is -1.12. The van der Waals surface area contributed by atoms with Gasteiger partial charge in [0.25, 0.3) is 5.91 Å². The summed E-state index contributed by atoms with van der Waals surface area (Å²) in [5.41, 5.74) is 5.98. The number of hydrogen-bond donors (Lipinski definition) is 8. The minimum absolute atomic E-state index is 0.0716. The van der Waals surface area contributed by atoms with Gasteiger partial charge >= 0.3 is 0 Å². The molecule has 0 aliphatic carbocycles. The highest BCUT2D eigenvalue weighted by molar-refractivity contribution is 5.98. The van der Waals surface area contributed by atoms with Gasteiger partial charge in [0.15, 0.2) is 17.6 Å². The SMILES string of the molecule is CC1(C)CCOc2c(C(=O)NC3CN4C(=N)N[C@@H](CCN)C5NC(=N)NC54[C@@H]3O)cccc21. The van der Waals surface area contributed by atoms with Gasteiger partial charge in [-0.1, -0.05) is 26.0 Å². The fraction of sp³-hybridized carbons (Fsp3) is 0.591. The van der Waals surface area contributed by atoms with Crippen molar-refractivity contribution in [2.45, 2.75) is 62.0 Å². The number of para-hydroxylation sites is 1. The van der Waals surface area contributed by atoms with E-state index < -0.39 is 23.9 Å². The first-order chi connectivity index (χ1) is 15.7. The Kier molecular flexibility index (Phi) is 4.94. The molecular formula is C22H32N8O3. The molecule has 4 aliphatic rings. The molecule has 3 fully saturated rings. The molecule has 5 rings (SSSR count). The van der Waals surface area contributed by atoms with E-state index in [0.29, 0.717) is 30.9 Å². The van der Waals surface area contributed by atoms with Crippen LogP contribution in [0, 0.1) is 10.8 Å². The average Bonchev–Trinajstić information content (AvgIpc) is 3.25. The second-order valence-electron chi connectivity index (χ2n) is 9.92. The lowest BCUT2D eigenvalue weighted by Crippen LogP contribution is -2.77. The summed E-state index contributed by atoms with van der Waals surface area (Å²) in [5, 5.41) is 40.4. The van der Waals surface area contributed by atoms with Gasteiger partial charge in [-0.3, -0.25) is 15.6 Å². The van der Waals surface area contributed by atoms with Gasteiger partial charge in [0.2, 0.25) is 0 Å². The van der Waals surface area contributed by atoms with Crippen LogP contribution in [0.1, 0.15) is 42.6 Å². The number of guanidine groups is 2. The molecule has 1 aromatic rings. The molecule has 0 saturated carbocycles. The van der Waals surface area contributed by atoms with Gasteiger partial charge in [0.05, 0.1) is 30.3 Å². The van der Waals surface area contributed by atoms with Crippen LogP contribution in [0.5, 0.6) is 5.75 Å². The van der Waals surface area contributed by atoms with E-state index in [1.165, 1.54) is 0 Å². The molecule has 0 aromatic heterocycles. The van der Waals surface area contributed by atoms with Crippen LogP contribution in [-0.2, 0) is 5.41 Å². The Bertz CT molecular complexity index is 1010. The number of carbonyl (C=O) groups is 1. The number of aliphatic hydroxyl groups is 1. The second kappa shape index (κ2) is 7.49. The number of nitrogens with zero attached hydrogens (tertiary/aromatic N) is 1. The highest BCUT2D eigenvalue weighted by Crippen LogP contribution is 2.41. The van der Waals surface area contributed by atoms with Gasteiger partial charge in [-0.15, -0.1) is 0 Å². The molecule has 0 bridgehead atoms. The first-order valence-corrected chi connectivity index (χ1v) is 11.4. The molecule has 11 heteroatoms. The number of nitrogens with two attached hydrogens (primary N) is 1. The Hall–Kier alpha value is -3.05. The van der Waals surface area contributed by atoms with Gasteiger partial charge in [0.1, 0.15) is 11.9 Å². The van der Waals surface area contributed by atoms with E-state index >= 15 is 0 Å². The van der Waals surface area contributed by atoms with E-state index in [1.807, 2.05) is 12.1 Å². The van der Waals surface area contributed by atoms with E-state index in [2.05, 4.69) is 35.1 Å². The third-order valence-corrected chi connectivity index (χ3v) is 7.51. The summed E-state index contributed by atoms with van der Waals surface area (Å²) in [5.74, 6) is 0.460. The fourth-order valence-corrected chi connectivity index (χ4v) is 5.74. The zero-order valence-electron chi connectivity index (χ0n) is 18.9. The van der Waals surface area contributed by atoms with Crippen molar-refractivity contribution < 1.29 is 14.6 Å². The number of ether oxygens (including phenoxy) is 1. The molecule has 4 heterocycles. The molecule has 33 heavy (non-hydrogen) atoms. The van der Waals surface area contributed by atoms with Crippen molar-refractivity contribution in [3.8, 4) is 5.75 Å². The summed E-state index contributed by atoms with van der Waals surface area (Å²) in [6.07, 6.45) is 0.369. The Morgan fingerprint density at radius 1 is 1.36 bits per heavy atom. The van der Waals surface area contributed by atoms with Crippen LogP contribution in [0.15, 0.2) is 18.2 Å². The Labute approximate surface area is 192 Å². The van der Waals surface area contributed by atoms with Crippen molar-refractivity contribution in [2.24, 2.45) is 5.73 Å². The minimum Gasteiger partial charge on any atom is -0.492 e. The van der Waals surface area contributed by atoms with Crippen molar-refractivity contribution in [1.29, 1.82) is 10.8 Å². The number of nitrogens with one attached hydrogen (secondary N) is 6. The van der Waals surface area contributed by atoms with Crippen LogP contribution >= 0.6 is 0 Å². The molecule has 1 spiro atoms. The maximum atomic E-state index is 13.4. The number of fused-ring (bicyclic) bond motifs is 1. The van der Waals surface area contributed by atoms with Crippen LogP contribution in [0.3, 0.4) is 0 Å². The largest absolute Gasteiger partial charge is 0.492 e. The molecule has 1 aromatic carbocycles. The first-order valence-electron chi connectivity index (χ1n) is 11.4. The van der Waals surface area contributed by atoms with Crippen LogP contribution in [0.2, 0.25) is 0 Å². The van der Waals surface area contributed by atoms with E-state index in [9.17, 15) is 9.90 Å². The van der Waals surface area contributed by atoms with Crippen LogP contribution in [0.4, 0.5) is 0 Å². The number of benzene rings is 1. The van der Waals surface area contributed by atoms with Crippen molar-refractivity contribution in [2.75, 3.05) is 19.7 Å². The monoisotopic (exact) mass is 456 g/mol. The number of hydrogen-bond acceptors (Lipinski definition) is 6. The smallest absolute Gasteiger partial charge is 0.255 e. The van der Waals surface area contributed by atoms with Crippen molar-refractivity contribution >= 4 is 17.8 Å². The molecule has 0 radical (unpaired) electrons. The van der Waals surface area contributed by atoms with Gasteiger partial charge in [0, 0.05) is 12.1 Å². The van der Waals surface area contributed by atoms with Gasteiger partial charge in [-0.25, -0.2) is 0 Å². The zero-order chi connectivity index (χ0) is 23.5. The molecule has 5 atom stereocenters. The summed E-state index contributed by atoms with van der Waals surface area (Å²) in [7, 11) is 0. The number of aliphatic hydroxyl groups excluding tert-OH is 1. The second-order valence-corrected chi connectivity index (χ2v) is 9.92. The molecule has 9 N–H and O–H groups in total. The van der Waals surface area contributed by atoms with Crippen LogP contribution in [0.25, 0.3) is 0 Å². The summed E-state index contributed by atoms with van der Waals surface area (Å²) in [4.78, 5) is 15.0. The van der Waals surface area contributed by atoms with Gasteiger partial charge in [-0.2, -0.15) is 0 Å². The van der Waals surface area contributed by atoms with E-state index in [4.69, 9.17) is 21.3 Å². The fourth-order valence-electron chi connectivity index (χ4n) is 5.74. The van der Waals surface area contributed by atoms with Crippen LogP contribution in [-0.4, -0.2) is 77.4 Å². The highest BCUT2D eigenvalue weighted by Gasteiger charge is 2.66. The number of amides is 1. The third kappa shape index (κ3) is 3.13. The topological polar surface area (TPSA) is 172 Å². The predicted octanol–water partition coefficient (Wildman–Crippen LogP) is -1.03. The summed E-state index contributed by atoms with van der Waals surface area (Å²) in [6, 6.07) is 4.28. The Morgan fingerprint density at radius 3 is 2.91 bits per heavy atom.